The minimum absolute atomic E-state index is 0.102. The molecule has 4 nitrogen and oxygen atoms in total. The highest BCUT2D eigenvalue weighted by atomic mass is 35.5. The van der Waals surface area contributed by atoms with Crippen molar-refractivity contribution in [3.8, 4) is 0 Å². The van der Waals surface area contributed by atoms with Crippen molar-refractivity contribution < 1.29 is 27.5 Å². The molecule has 0 bridgehead atoms. The number of rotatable bonds is 4. The topological polar surface area (TPSA) is 55.4 Å². The quantitative estimate of drug-likeness (QED) is 0.786. The third-order valence-corrected chi connectivity index (χ3v) is 2.12. The third kappa shape index (κ3) is 3.26. The van der Waals surface area contributed by atoms with Gasteiger partial charge in [-0.05, 0) is 13.8 Å². The zero-order valence-corrected chi connectivity index (χ0v) is 9.41. The number of ketones is 1. The Morgan fingerprint density at radius 3 is 2.19 bits per heavy atom. The molecule has 0 fully saturated rings. The molecule has 0 aliphatic rings. The lowest BCUT2D eigenvalue weighted by molar-refractivity contribution is -0.191. The van der Waals surface area contributed by atoms with Gasteiger partial charge in [-0.25, -0.2) is 4.79 Å². The van der Waals surface area contributed by atoms with Crippen molar-refractivity contribution >= 4 is 23.5 Å². The fourth-order valence-electron chi connectivity index (χ4n) is 0.804. The van der Waals surface area contributed by atoms with E-state index >= 15 is 0 Å². The number of nitrogens with one attached hydrogen (secondary N) is 1. The number of halogens is 4. The number of ether oxygens (including phenoxy) is 1. The van der Waals surface area contributed by atoms with Gasteiger partial charge in [0.05, 0.1) is 12.5 Å². The summed E-state index contributed by atoms with van der Waals surface area (Å²) in [6.45, 7) is 1.86. The number of carbonyl (C=O) groups is 2. The van der Waals surface area contributed by atoms with E-state index in [0.717, 1.165) is 0 Å². The van der Waals surface area contributed by atoms with Crippen LogP contribution in [-0.2, 0) is 9.53 Å². The maximum atomic E-state index is 12.6. The van der Waals surface area contributed by atoms with Crippen LogP contribution in [0.3, 0.4) is 0 Å². The van der Waals surface area contributed by atoms with Crippen LogP contribution in [0.2, 0.25) is 0 Å². The Bertz CT molecular complexity index is 282. The zero-order valence-electron chi connectivity index (χ0n) is 8.65. The molecule has 16 heavy (non-hydrogen) atoms. The molecule has 1 unspecified atom stereocenters. The molecule has 1 atom stereocenters. The highest BCUT2D eigenvalue weighted by Gasteiger charge is 2.57. The van der Waals surface area contributed by atoms with E-state index in [-0.39, 0.29) is 6.61 Å². The predicted molar refractivity (Wildman–Crippen MR) is 50.3 cm³/mol. The molecule has 0 aromatic heterocycles. The molecule has 94 valence electrons. The van der Waals surface area contributed by atoms with Crippen LogP contribution in [0, 0.1) is 0 Å². The lowest BCUT2D eigenvalue weighted by atomic mass is 9.97. The molecule has 0 radical (unpaired) electrons. The fraction of sp³-hybridized carbons (Fsp3) is 0.750. The van der Waals surface area contributed by atoms with Crippen LogP contribution in [0.15, 0.2) is 0 Å². The normalized spacial score (nSPS) is 15.1. The van der Waals surface area contributed by atoms with Gasteiger partial charge in [0.2, 0.25) is 0 Å². The van der Waals surface area contributed by atoms with E-state index in [0.29, 0.717) is 6.92 Å². The van der Waals surface area contributed by atoms with Gasteiger partial charge in [0, 0.05) is 0 Å². The molecule has 0 aromatic carbocycles. The van der Waals surface area contributed by atoms with Gasteiger partial charge in [0.25, 0.3) is 0 Å². The molecule has 0 saturated heterocycles. The lowest BCUT2D eigenvalue weighted by Gasteiger charge is -2.30. The first-order valence-corrected chi connectivity index (χ1v) is 4.83. The van der Waals surface area contributed by atoms with Gasteiger partial charge in [-0.1, -0.05) is 0 Å². The number of carbonyl (C=O) groups excluding carboxylic acids is 2. The van der Waals surface area contributed by atoms with Crippen LogP contribution in [0.1, 0.15) is 13.8 Å². The molecule has 0 spiro atoms. The maximum absolute atomic E-state index is 12.6. The summed E-state index contributed by atoms with van der Waals surface area (Å²) in [5.41, 5.74) is -3.03. The monoisotopic (exact) mass is 261 g/mol. The minimum atomic E-state index is -4.94. The summed E-state index contributed by atoms with van der Waals surface area (Å²) >= 11 is 5.06. The molecule has 0 heterocycles. The van der Waals surface area contributed by atoms with Gasteiger partial charge in [-0.2, -0.15) is 13.2 Å². The Labute approximate surface area is 95.1 Å². The Balaban J connectivity index is 4.96. The van der Waals surface area contributed by atoms with E-state index in [9.17, 15) is 22.8 Å². The zero-order chi connectivity index (χ0) is 13.0. The lowest BCUT2D eigenvalue weighted by Crippen LogP contribution is -2.62. The average molecular weight is 262 g/mol. The molecular formula is C8H11ClF3NO3. The van der Waals surface area contributed by atoms with Gasteiger partial charge in [-0.3, -0.25) is 4.79 Å². The Kier molecular flexibility index (Phi) is 5.05. The second-order valence-electron chi connectivity index (χ2n) is 3.03. The SMILES string of the molecule is CCOC(=O)NC(C)(C(=O)CCl)C(F)(F)F. The minimum Gasteiger partial charge on any atom is -0.450 e. The highest BCUT2D eigenvalue weighted by Crippen LogP contribution is 2.31. The second kappa shape index (κ2) is 5.38. The van der Waals surface area contributed by atoms with Crippen molar-refractivity contribution in [2.75, 3.05) is 12.5 Å². The van der Waals surface area contributed by atoms with Crippen molar-refractivity contribution in [3.05, 3.63) is 0 Å². The summed E-state index contributed by atoms with van der Waals surface area (Å²) < 4.78 is 42.1. The molecule has 0 saturated carbocycles. The number of alkyl carbamates (subject to hydrolysis) is 1. The largest absolute Gasteiger partial charge is 0.450 e. The summed E-state index contributed by atoms with van der Waals surface area (Å²) in [7, 11) is 0. The first-order chi connectivity index (χ1) is 7.19. The summed E-state index contributed by atoms with van der Waals surface area (Å²) in [4.78, 5) is 22.0. The van der Waals surface area contributed by atoms with Crippen LogP contribution in [0.4, 0.5) is 18.0 Å². The van der Waals surface area contributed by atoms with Gasteiger partial charge in [-0.15, -0.1) is 11.6 Å². The predicted octanol–water partition coefficient (Wildman–Crippen LogP) is 1.86. The van der Waals surface area contributed by atoms with Crippen molar-refractivity contribution in [1.82, 2.24) is 5.32 Å². The highest BCUT2D eigenvalue weighted by molar-refractivity contribution is 6.29. The van der Waals surface area contributed by atoms with E-state index < -0.39 is 29.5 Å². The Hall–Kier alpha value is -0.980. The Morgan fingerprint density at radius 2 is 1.88 bits per heavy atom. The third-order valence-electron chi connectivity index (χ3n) is 1.87. The summed E-state index contributed by atoms with van der Waals surface area (Å²) in [6.07, 6.45) is -6.26. The van der Waals surface area contributed by atoms with Crippen molar-refractivity contribution in [2.45, 2.75) is 25.6 Å². The van der Waals surface area contributed by atoms with Crippen LogP contribution in [0.25, 0.3) is 0 Å². The number of hydrogen-bond acceptors (Lipinski definition) is 3. The standard InChI is InChI=1S/C8H11ClF3NO3/c1-3-16-6(15)13-7(2,5(14)4-9)8(10,11)12/h3-4H2,1-2H3,(H,13,15). The van der Waals surface area contributed by atoms with Gasteiger partial charge in [0.15, 0.2) is 11.3 Å². The van der Waals surface area contributed by atoms with E-state index in [2.05, 4.69) is 4.74 Å². The molecular weight excluding hydrogens is 251 g/mol. The molecule has 1 amide bonds. The number of hydrogen-bond donors (Lipinski definition) is 1. The average Bonchev–Trinajstić information content (AvgIpc) is 2.14. The number of alkyl halides is 4. The molecule has 0 aromatic rings. The van der Waals surface area contributed by atoms with E-state index in [4.69, 9.17) is 11.6 Å². The van der Waals surface area contributed by atoms with Crippen LogP contribution < -0.4 is 5.32 Å². The van der Waals surface area contributed by atoms with Crippen molar-refractivity contribution in [1.29, 1.82) is 0 Å². The van der Waals surface area contributed by atoms with Crippen LogP contribution >= 0.6 is 11.6 Å². The summed E-state index contributed by atoms with van der Waals surface area (Å²) in [5, 5.41) is 1.46. The molecule has 0 aliphatic carbocycles. The first-order valence-electron chi connectivity index (χ1n) is 4.30. The van der Waals surface area contributed by atoms with Crippen molar-refractivity contribution in [3.63, 3.8) is 0 Å². The second-order valence-corrected chi connectivity index (χ2v) is 3.29. The van der Waals surface area contributed by atoms with Crippen molar-refractivity contribution in [2.24, 2.45) is 0 Å². The fourth-order valence-corrected chi connectivity index (χ4v) is 1.07. The number of Topliss-reactive ketones (excluding diaryl/α,β-unsaturated/α-hetero) is 1. The molecule has 1 N–H and O–H groups in total. The first kappa shape index (κ1) is 15.0. The summed E-state index contributed by atoms with van der Waals surface area (Å²) in [6, 6.07) is 0. The maximum Gasteiger partial charge on any atom is 0.418 e. The smallest absolute Gasteiger partial charge is 0.418 e. The van der Waals surface area contributed by atoms with E-state index in [1.165, 1.54) is 12.2 Å². The van der Waals surface area contributed by atoms with Crippen LogP contribution in [-0.4, -0.2) is 36.1 Å². The summed E-state index contributed by atoms with van der Waals surface area (Å²) in [5.74, 6) is -2.21. The van der Waals surface area contributed by atoms with E-state index in [1.807, 2.05) is 0 Å². The molecule has 0 rings (SSSR count). The van der Waals surface area contributed by atoms with Gasteiger partial charge in [0.1, 0.15) is 0 Å². The van der Waals surface area contributed by atoms with Gasteiger partial charge < -0.3 is 10.1 Å². The van der Waals surface area contributed by atoms with Crippen LogP contribution in [0.5, 0.6) is 0 Å². The van der Waals surface area contributed by atoms with E-state index in [1.54, 1.807) is 0 Å². The number of amides is 1. The Morgan fingerprint density at radius 1 is 1.38 bits per heavy atom. The molecule has 0 aliphatic heterocycles. The molecule has 8 heteroatoms. The van der Waals surface area contributed by atoms with Gasteiger partial charge >= 0.3 is 12.3 Å².